The zero-order valence-electron chi connectivity index (χ0n) is 37.0. The summed E-state index contributed by atoms with van der Waals surface area (Å²) in [6.07, 6.45) is 8.36. The van der Waals surface area contributed by atoms with Crippen molar-refractivity contribution in [3.63, 3.8) is 0 Å². The Bertz CT molecular complexity index is 2590. The van der Waals surface area contributed by atoms with E-state index in [0.29, 0.717) is 12.0 Å². The van der Waals surface area contributed by atoms with Gasteiger partial charge in [0.05, 0.1) is 6.04 Å². The molecule has 0 N–H and O–H groups in total. The molecule has 0 unspecified atom stereocenters. The van der Waals surface area contributed by atoms with Crippen molar-refractivity contribution >= 4 is 44.7 Å². The molecule has 0 saturated heterocycles. The van der Waals surface area contributed by atoms with Gasteiger partial charge in [0.2, 0.25) is 0 Å². The molecule has 6 aromatic rings. The first-order valence-electron chi connectivity index (χ1n) is 21.8. The molecule has 0 bridgehead atoms. The number of anilines is 3. The van der Waals surface area contributed by atoms with E-state index in [9.17, 15) is 0 Å². The van der Waals surface area contributed by atoms with Gasteiger partial charge >= 0.3 is 21.1 Å². The molecule has 2 aliphatic heterocycles. The quantitative estimate of drug-likeness (QED) is 0.162. The van der Waals surface area contributed by atoms with Gasteiger partial charge in [-0.2, -0.15) is 6.07 Å². The zero-order chi connectivity index (χ0) is 40.9. The van der Waals surface area contributed by atoms with Gasteiger partial charge in [0.15, 0.2) is 0 Å². The standard InChI is InChI=1S/C53H61N5.Pt/c1-33(2)35-26-36(50-55-48(52(7,8)9)32-56(50)38-17-13-12-14-18-38)28-39(27-35)57-45-20-16-15-19-42(45)53(10,11)43-30-41-40-25-34(3)21-22-44(40)58(46(41)31-47(43)57)49-29-37(23-24-54-49)51(4,5)6;/h15-16,19-27,29-30,33,38,48H,12-14,17-18,32H2,1-11H3;/q-2;+2/t48-;/m0./s1. The second-order valence-electron chi connectivity index (χ2n) is 20.4. The molecule has 6 heteroatoms. The monoisotopic (exact) mass is 962 g/mol. The fourth-order valence-corrected chi connectivity index (χ4v) is 9.79. The number of aryl methyl sites for hydroxylation is 1. The van der Waals surface area contributed by atoms with Crippen molar-refractivity contribution in [2.75, 3.05) is 11.4 Å². The van der Waals surface area contributed by atoms with Crippen molar-refractivity contribution in [2.24, 2.45) is 10.4 Å². The van der Waals surface area contributed by atoms with Crippen LogP contribution in [0.3, 0.4) is 0 Å². The third-order valence-corrected chi connectivity index (χ3v) is 13.5. The van der Waals surface area contributed by atoms with E-state index in [-0.39, 0.29) is 43.4 Å². The smallest absolute Gasteiger partial charge is 0.391 e. The summed E-state index contributed by atoms with van der Waals surface area (Å²) in [6.45, 7) is 26.4. The molecule has 0 amide bonds. The summed E-state index contributed by atoms with van der Waals surface area (Å²) in [7, 11) is 0. The van der Waals surface area contributed by atoms with Gasteiger partial charge < -0.3 is 19.4 Å². The normalized spacial score (nSPS) is 18.3. The van der Waals surface area contributed by atoms with Gasteiger partial charge in [-0.25, -0.2) is 4.98 Å². The zero-order valence-corrected chi connectivity index (χ0v) is 39.3. The molecule has 4 aromatic carbocycles. The first-order chi connectivity index (χ1) is 27.5. The van der Waals surface area contributed by atoms with Gasteiger partial charge in [0, 0.05) is 35.8 Å². The van der Waals surface area contributed by atoms with Gasteiger partial charge in [-0.15, -0.1) is 46.3 Å². The summed E-state index contributed by atoms with van der Waals surface area (Å²) in [5.41, 5.74) is 12.7. The number of hydrogen-bond acceptors (Lipinski definition) is 4. The predicted molar refractivity (Wildman–Crippen MR) is 244 cm³/mol. The number of rotatable bonds is 5. The van der Waals surface area contributed by atoms with E-state index in [1.165, 1.54) is 76.4 Å². The molecule has 0 spiro atoms. The Morgan fingerprint density at radius 1 is 0.814 bits per heavy atom. The number of fused-ring (bicyclic) bond motifs is 5. The summed E-state index contributed by atoms with van der Waals surface area (Å²) >= 11 is 0. The fraction of sp³-hybridized carbons (Fsp3) is 0.434. The van der Waals surface area contributed by atoms with Crippen LogP contribution in [0.2, 0.25) is 0 Å². The topological polar surface area (TPSA) is 36.7 Å². The molecule has 1 aliphatic carbocycles. The van der Waals surface area contributed by atoms with E-state index in [2.05, 4.69) is 175 Å². The molecular formula is C53H61N5Pt. The van der Waals surface area contributed by atoms with Crippen molar-refractivity contribution in [1.29, 1.82) is 0 Å². The number of aliphatic imine (C=N–C) groups is 1. The van der Waals surface area contributed by atoms with Crippen LogP contribution in [0.1, 0.15) is 141 Å². The van der Waals surface area contributed by atoms with Crippen LogP contribution in [0.4, 0.5) is 17.1 Å². The average Bonchev–Trinajstić information content (AvgIpc) is 3.78. The predicted octanol–water partition coefficient (Wildman–Crippen LogP) is 13.4. The van der Waals surface area contributed by atoms with Crippen molar-refractivity contribution in [3.05, 3.63) is 125 Å². The molecule has 1 fully saturated rings. The molecule has 5 nitrogen and oxygen atoms in total. The summed E-state index contributed by atoms with van der Waals surface area (Å²) in [6, 6.07) is 36.4. The molecule has 3 aliphatic rings. The third-order valence-electron chi connectivity index (χ3n) is 13.5. The van der Waals surface area contributed by atoms with Crippen LogP contribution < -0.4 is 4.90 Å². The second-order valence-corrected chi connectivity index (χ2v) is 20.4. The van der Waals surface area contributed by atoms with Crippen molar-refractivity contribution in [3.8, 4) is 5.82 Å². The molecule has 1 saturated carbocycles. The molecule has 4 heterocycles. The van der Waals surface area contributed by atoms with Gasteiger partial charge in [0.1, 0.15) is 5.82 Å². The van der Waals surface area contributed by atoms with E-state index in [1.54, 1.807) is 0 Å². The first kappa shape index (κ1) is 41.5. The summed E-state index contributed by atoms with van der Waals surface area (Å²) < 4.78 is 2.34. The minimum Gasteiger partial charge on any atom is -0.391 e. The van der Waals surface area contributed by atoms with Crippen LogP contribution in [0.25, 0.3) is 27.6 Å². The van der Waals surface area contributed by atoms with E-state index in [0.717, 1.165) is 46.2 Å². The average molecular weight is 963 g/mol. The van der Waals surface area contributed by atoms with E-state index < -0.39 is 0 Å². The van der Waals surface area contributed by atoms with Crippen molar-refractivity contribution in [2.45, 2.75) is 137 Å². The van der Waals surface area contributed by atoms with Gasteiger partial charge in [-0.1, -0.05) is 136 Å². The Kier molecular flexibility index (Phi) is 10.6. The third kappa shape index (κ3) is 7.18. The largest absolute Gasteiger partial charge is 2.00 e. The Hall–Kier alpha value is -4.21. The Labute approximate surface area is 367 Å². The molecule has 59 heavy (non-hydrogen) atoms. The number of pyridine rings is 1. The maximum atomic E-state index is 5.60. The minimum absolute atomic E-state index is 0. The number of benzene rings is 4. The summed E-state index contributed by atoms with van der Waals surface area (Å²) in [5, 5.41) is 2.43. The van der Waals surface area contributed by atoms with Crippen LogP contribution >= 0.6 is 0 Å². The SMILES string of the molecule is Cc1ccc2c(c1)c1cc3c([c-]c1n2-c1cc(C(C)(C)C)ccn1)N(c1[c-]c(C2=N[C@H](C(C)(C)C)CN2C2CCCCC2)cc(C(C)C)c1)c1ccccc1C3(C)C.[Pt+2]. The molecule has 0 radical (unpaired) electrons. The molecular weight excluding hydrogens is 902 g/mol. The van der Waals surface area contributed by atoms with Crippen molar-refractivity contribution < 1.29 is 21.1 Å². The van der Waals surface area contributed by atoms with E-state index in [4.69, 9.17) is 9.98 Å². The van der Waals surface area contributed by atoms with Crippen LogP contribution in [0.15, 0.2) is 84.0 Å². The van der Waals surface area contributed by atoms with Gasteiger partial charge in [-0.3, -0.25) is 0 Å². The first-order valence-corrected chi connectivity index (χ1v) is 21.8. The van der Waals surface area contributed by atoms with Gasteiger partial charge in [-0.05, 0) is 88.4 Å². The number of para-hydroxylation sites is 1. The number of amidine groups is 1. The summed E-state index contributed by atoms with van der Waals surface area (Å²) in [5.74, 6) is 2.37. The van der Waals surface area contributed by atoms with Crippen LogP contribution in [-0.4, -0.2) is 38.9 Å². The number of nitrogens with zero attached hydrogens (tertiary/aromatic N) is 5. The van der Waals surface area contributed by atoms with Crippen molar-refractivity contribution in [1.82, 2.24) is 14.5 Å². The minimum atomic E-state index is -0.276. The molecule has 9 rings (SSSR count). The van der Waals surface area contributed by atoms with E-state index >= 15 is 0 Å². The fourth-order valence-electron chi connectivity index (χ4n) is 9.79. The maximum Gasteiger partial charge on any atom is 2.00 e. The number of aromatic nitrogens is 2. The Morgan fingerprint density at radius 2 is 1.56 bits per heavy atom. The number of hydrogen-bond donors (Lipinski definition) is 0. The van der Waals surface area contributed by atoms with Gasteiger partial charge in [0.25, 0.3) is 0 Å². The van der Waals surface area contributed by atoms with Crippen LogP contribution in [-0.2, 0) is 31.9 Å². The summed E-state index contributed by atoms with van der Waals surface area (Å²) in [4.78, 5) is 15.8. The Morgan fingerprint density at radius 3 is 2.27 bits per heavy atom. The molecule has 1 atom stereocenters. The maximum absolute atomic E-state index is 5.60. The van der Waals surface area contributed by atoms with Crippen LogP contribution in [0.5, 0.6) is 0 Å². The molecule has 2 aromatic heterocycles. The Balaban J connectivity index is 0.00000484. The van der Waals surface area contributed by atoms with Crippen LogP contribution in [0, 0.1) is 24.5 Å². The molecule has 308 valence electrons. The second kappa shape index (κ2) is 15.1. The van der Waals surface area contributed by atoms with E-state index in [1.807, 2.05) is 6.20 Å².